The van der Waals surface area contributed by atoms with Gasteiger partial charge in [-0.15, -0.1) is 0 Å². The van der Waals surface area contributed by atoms with Crippen LogP contribution in [0.4, 0.5) is 5.69 Å². The highest BCUT2D eigenvalue weighted by Crippen LogP contribution is 2.26. The molecule has 0 atom stereocenters. The lowest BCUT2D eigenvalue weighted by molar-refractivity contribution is 0.0696. The molecular formula is C13H7BrCl2N2O3. The first-order chi connectivity index (χ1) is 9.88. The minimum atomic E-state index is -1.06. The molecule has 2 N–H and O–H groups in total. The summed E-state index contributed by atoms with van der Waals surface area (Å²) in [6.07, 6.45) is 1.28. The van der Waals surface area contributed by atoms with Crippen molar-refractivity contribution < 1.29 is 14.7 Å². The predicted octanol–water partition coefficient (Wildman–Crippen LogP) is 4.10. The van der Waals surface area contributed by atoms with E-state index >= 15 is 0 Å². The maximum Gasteiger partial charge on any atom is 0.335 e. The van der Waals surface area contributed by atoms with Crippen LogP contribution in [0.3, 0.4) is 0 Å². The fourth-order valence-electron chi connectivity index (χ4n) is 1.53. The molecule has 8 heteroatoms. The zero-order valence-electron chi connectivity index (χ0n) is 10.2. The number of carbonyl (C=O) groups is 2. The van der Waals surface area contributed by atoms with Crippen LogP contribution in [0, 0.1) is 0 Å². The molecule has 0 unspecified atom stereocenters. The van der Waals surface area contributed by atoms with Gasteiger partial charge < -0.3 is 10.4 Å². The van der Waals surface area contributed by atoms with Crippen molar-refractivity contribution in [1.82, 2.24) is 4.98 Å². The topological polar surface area (TPSA) is 79.3 Å². The van der Waals surface area contributed by atoms with E-state index in [4.69, 9.17) is 28.3 Å². The molecule has 0 radical (unpaired) electrons. The quantitative estimate of drug-likeness (QED) is 0.774. The van der Waals surface area contributed by atoms with Gasteiger partial charge in [0.25, 0.3) is 5.91 Å². The van der Waals surface area contributed by atoms with Gasteiger partial charge in [-0.05, 0) is 40.2 Å². The Bertz CT molecular complexity index is 737. The van der Waals surface area contributed by atoms with Gasteiger partial charge in [-0.1, -0.05) is 23.2 Å². The number of rotatable bonds is 3. The van der Waals surface area contributed by atoms with Gasteiger partial charge in [-0.2, -0.15) is 0 Å². The number of carboxylic acids is 1. The number of carboxylic acid groups (broad SMARTS) is 1. The summed E-state index contributed by atoms with van der Waals surface area (Å²) in [4.78, 5) is 26.7. The average molecular weight is 390 g/mol. The molecule has 21 heavy (non-hydrogen) atoms. The second-order valence-electron chi connectivity index (χ2n) is 3.94. The number of halogens is 3. The number of nitrogens with zero attached hydrogens (tertiary/aromatic N) is 1. The highest BCUT2D eigenvalue weighted by atomic mass is 79.9. The molecule has 1 amide bonds. The van der Waals surface area contributed by atoms with Gasteiger partial charge in [-0.3, -0.25) is 4.79 Å². The molecule has 2 aromatic rings. The van der Waals surface area contributed by atoms with E-state index in [1.807, 2.05) is 0 Å². The van der Waals surface area contributed by atoms with Crippen LogP contribution < -0.4 is 5.32 Å². The van der Waals surface area contributed by atoms with Crippen LogP contribution in [0.5, 0.6) is 0 Å². The Kier molecular flexibility index (Phi) is 4.82. The highest BCUT2D eigenvalue weighted by molar-refractivity contribution is 9.10. The van der Waals surface area contributed by atoms with Gasteiger partial charge >= 0.3 is 5.97 Å². The van der Waals surface area contributed by atoms with Crippen molar-refractivity contribution in [3.05, 3.63) is 56.2 Å². The number of hydrogen-bond acceptors (Lipinski definition) is 3. The van der Waals surface area contributed by atoms with Gasteiger partial charge in [0.15, 0.2) is 0 Å². The van der Waals surface area contributed by atoms with Crippen molar-refractivity contribution in [1.29, 1.82) is 0 Å². The number of nitrogens with one attached hydrogen (secondary N) is 1. The molecule has 1 heterocycles. The first-order valence-electron chi connectivity index (χ1n) is 5.53. The van der Waals surface area contributed by atoms with Gasteiger partial charge in [0.05, 0.1) is 21.8 Å². The van der Waals surface area contributed by atoms with Gasteiger partial charge in [0.2, 0.25) is 0 Å². The Labute approximate surface area is 138 Å². The van der Waals surface area contributed by atoms with E-state index < -0.39 is 11.9 Å². The summed E-state index contributed by atoms with van der Waals surface area (Å²) in [7, 11) is 0. The lowest BCUT2D eigenvalue weighted by atomic mass is 10.2. The molecule has 108 valence electrons. The summed E-state index contributed by atoms with van der Waals surface area (Å²) >= 11 is 14.8. The van der Waals surface area contributed by atoms with E-state index in [2.05, 4.69) is 26.2 Å². The molecule has 5 nitrogen and oxygen atoms in total. The molecular weight excluding hydrogens is 383 g/mol. The zero-order chi connectivity index (χ0) is 15.6. The van der Waals surface area contributed by atoms with Crippen molar-refractivity contribution in [2.24, 2.45) is 0 Å². The van der Waals surface area contributed by atoms with E-state index in [-0.39, 0.29) is 21.3 Å². The molecule has 0 saturated carbocycles. The maximum absolute atomic E-state index is 12.1. The third kappa shape index (κ3) is 3.72. The second kappa shape index (κ2) is 6.43. The number of aromatic carboxylic acids is 1. The minimum absolute atomic E-state index is 0.102. The SMILES string of the molecule is O=C(O)c1ccc(NC(=O)c2cc(Cl)ncc2Cl)c(Br)c1. The lowest BCUT2D eigenvalue weighted by Gasteiger charge is -2.09. The Morgan fingerprint density at radius 2 is 1.95 bits per heavy atom. The predicted molar refractivity (Wildman–Crippen MR) is 83.3 cm³/mol. The van der Waals surface area contributed by atoms with Gasteiger partial charge in [-0.25, -0.2) is 9.78 Å². The molecule has 0 aliphatic heterocycles. The number of anilines is 1. The fourth-order valence-corrected chi connectivity index (χ4v) is 2.35. The highest BCUT2D eigenvalue weighted by Gasteiger charge is 2.14. The van der Waals surface area contributed by atoms with Crippen LogP contribution in [0.2, 0.25) is 10.2 Å². The van der Waals surface area contributed by atoms with E-state index in [0.29, 0.717) is 10.2 Å². The molecule has 0 aliphatic carbocycles. The Morgan fingerprint density at radius 1 is 1.24 bits per heavy atom. The average Bonchev–Trinajstić information content (AvgIpc) is 2.43. The number of pyridine rings is 1. The standard InChI is InChI=1S/C13H7BrCl2N2O3/c14-8-3-6(13(20)21)1-2-10(8)18-12(19)7-4-11(16)17-5-9(7)15/h1-5H,(H,18,19)(H,20,21). The summed E-state index contributed by atoms with van der Waals surface area (Å²) in [6, 6.07) is 5.59. The Hall–Kier alpha value is -1.63. The fraction of sp³-hybridized carbons (Fsp3) is 0. The molecule has 1 aromatic heterocycles. The number of hydrogen-bond donors (Lipinski definition) is 2. The molecule has 0 aliphatic rings. The van der Waals surface area contributed by atoms with Crippen LogP contribution in [0.1, 0.15) is 20.7 Å². The van der Waals surface area contributed by atoms with Gasteiger partial charge in [0.1, 0.15) is 5.15 Å². The largest absolute Gasteiger partial charge is 0.478 e. The Morgan fingerprint density at radius 3 is 2.57 bits per heavy atom. The number of benzene rings is 1. The summed E-state index contributed by atoms with van der Waals surface area (Å²) in [5.41, 5.74) is 0.685. The summed E-state index contributed by atoms with van der Waals surface area (Å²) in [5.74, 6) is -1.54. The van der Waals surface area contributed by atoms with E-state index in [0.717, 1.165) is 0 Å². The van der Waals surface area contributed by atoms with Crippen LogP contribution in [0.15, 0.2) is 34.9 Å². The third-order valence-electron chi connectivity index (χ3n) is 2.53. The zero-order valence-corrected chi connectivity index (χ0v) is 13.3. The smallest absolute Gasteiger partial charge is 0.335 e. The van der Waals surface area contributed by atoms with Crippen molar-refractivity contribution in [3.8, 4) is 0 Å². The van der Waals surface area contributed by atoms with E-state index in [9.17, 15) is 9.59 Å². The molecule has 1 aromatic carbocycles. The second-order valence-corrected chi connectivity index (χ2v) is 5.59. The first-order valence-corrected chi connectivity index (χ1v) is 7.08. The van der Waals surface area contributed by atoms with Crippen molar-refractivity contribution in [2.45, 2.75) is 0 Å². The maximum atomic E-state index is 12.1. The van der Waals surface area contributed by atoms with Crippen LogP contribution in [-0.4, -0.2) is 22.0 Å². The van der Waals surface area contributed by atoms with Crippen LogP contribution in [0.25, 0.3) is 0 Å². The van der Waals surface area contributed by atoms with Crippen LogP contribution >= 0.6 is 39.1 Å². The molecule has 0 spiro atoms. The summed E-state index contributed by atoms with van der Waals surface area (Å²) < 4.78 is 0.437. The van der Waals surface area contributed by atoms with E-state index in [1.165, 1.54) is 30.5 Å². The van der Waals surface area contributed by atoms with Crippen molar-refractivity contribution in [2.75, 3.05) is 5.32 Å². The van der Waals surface area contributed by atoms with Crippen molar-refractivity contribution >= 4 is 56.7 Å². The third-order valence-corrected chi connectivity index (χ3v) is 3.69. The first kappa shape index (κ1) is 15.8. The van der Waals surface area contributed by atoms with E-state index in [1.54, 1.807) is 0 Å². The molecule has 0 saturated heterocycles. The minimum Gasteiger partial charge on any atom is -0.478 e. The lowest BCUT2D eigenvalue weighted by Crippen LogP contribution is -2.13. The number of amides is 1. The Balaban J connectivity index is 2.27. The number of carbonyl (C=O) groups excluding carboxylic acids is 1. The van der Waals surface area contributed by atoms with Gasteiger partial charge in [0, 0.05) is 10.7 Å². The summed E-state index contributed by atoms with van der Waals surface area (Å²) in [6.45, 7) is 0. The molecule has 0 fully saturated rings. The summed E-state index contributed by atoms with van der Waals surface area (Å²) in [5, 5.41) is 11.8. The monoisotopic (exact) mass is 388 g/mol. The van der Waals surface area contributed by atoms with Crippen LogP contribution in [-0.2, 0) is 0 Å². The number of aromatic nitrogens is 1. The van der Waals surface area contributed by atoms with Crippen molar-refractivity contribution in [3.63, 3.8) is 0 Å². The normalized spacial score (nSPS) is 10.2. The molecule has 2 rings (SSSR count). The molecule has 0 bridgehead atoms.